The lowest BCUT2D eigenvalue weighted by atomic mass is 10.5. The van der Waals surface area contributed by atoms with Gasteiger partial charge in [-0.15, -0.1) is 0 Å². The minimum absolute atomic E-state index is 0.434. The average Bonchev–Trinajstić information content (AvgIpc) is 2.37. The molecule has 0 saturated carbocycles. The summed E-state index contributed by atoms with van der Waals surface area (Å²) in [6, 6.07) is 2.75. The summed E-state index contributed by atoms with van der Waals surface area (Å²) in [6.45, 7) is 8.11. The average molecular weight is 259 g/mol. The summed E-state index contributed by atoms with van der Waals surface area (Å²) in [5.41, 5.74) is 0. The van der Waals surface area contributed by atoms with Gasteiger partial charge in [0.05, 0.1) is 6.07 Å². The van der Waals surface area contributed by atoms with Gasteiger partial charge < -0.3 is 13.3 Å². The molecule has 0 fully saturated rings. The molecule has 0 N–H and O–H groups in total. The van der Waals surface area contributed by atoms with Gasteiger partial charge >= 0.3 is 8.80 Å². The van der Waals surface area contributed by atoms with Crippen molar-refractivity contribution in [1.82, 2.24) is 0 Å². The normalized spacial score (nSPS) is 11.4. The summed E-state index contributed by atoms with van der Waals surface area (Å²) in [6.07, 6.45) is 3.24. The van der Waals surface area contributed by atoms with Crippen molar-refractivity contribution < 1.29 is 13.3 Å². The van der Waals surface area contributed by atoms with E-state index in [1.807, 2.05) is 0 Å². The van der Waals surface area contributed by atoms with E-state index in [1.54, 1.807) is 0 Å². The molecule has 17 heavy (non-hydrogen) atoms. The van der Waals surface area contributed by atoms with E-state index < -0.39 is 8.80 Å². The highest BCUT2D eigenvalue weighted by Crippen LogP contribution is 2.19. The van der Waals surface area contributed by atoms with E-state index >= 15 is 0 Å². The van der Waals surface area contributed by atoms with Crippen LogP contribution in [-0.4, -0.2) is 28.6 Å². The molecule has 5 heteroatoms. The van der Waals surface area contributed by atoms with Crippen LogP contribution in [-0.2, 0) is 13.3 Å². The Labute approximate surface area is 106 Å². The molecule has 0 spiro atoms. The van der Waals surface area contributed by atoms with Gasteiger partial charge in [-0.1, -0.05) is 20.8 Å². The van der Waals surface area contributed by atoms with Crippen molar-refractivity contribution in [2.75, 3.05) is 19.8 Å². The summed E-state index contributed by atoms with van der Waals surface area (Å²) in [7, 11) is -2.60. The van der Waals surface area contributed by atoms with Crippen molar-refractivity contribution in [3.05, 3.63) is 0 Å². The van der Waals surface area contributed by atoms with Gasteiger partial charge in [0, 0.05) is 32.3 Å². The second kappa shape index (κ2) is 10.7. The summed E-state index contributed by atoms with van der Waals surface area (Å²) in [5, 5.41) is 8.71. The van der Waals surface area contributed by atoms with Crippen molar-refractivity contribution in [2.24, 2.45) is 0 Å². The summed E-state index contributed by atoms with van der Waals surface area (Å²) >= 11 is 0. The van der Waals surface area contributed by atoms with Crippen molar-refractivity contribution in [2.45, 2.75) is 52.5 Å². The van der Waals surface area contributed by atoms with Crippen molar-refractivity contribution in [3.63, 3.8) is 0 Å². The molecule has 0 aromatic carbocycles. The minimum Gasteiger partial charge on any atom is -0.373 e. The Kier molecular flexibility index (Phi) is 10.5. The molecular weight excluding hydrogens is 234 g/mol. The predicted octanol–water partition coefficient (Wildman–Crippen LogP) is 3.12. The van der Waals surface area contributed by atoms with Crippen LogP contribution in [0.3, 0.4) is 0 Å². The highest BCUT2D eigenvalue weighted by Gasteiger charge is 2.40. The molecule has 100 valence electrons. The van der Waals surface area contributed by atoms with E-state index in [2.05, 4.69) is 26.8 Å². The number of rotatable bonds is 11. The van der Waals surface area contributed by atoms with Crippen molar-refractivity contribution >= 4 is 8.80 Å². The second-order valence-corrected chi connectivity index (χ2v) is 6.62. The molecule has 0 bridgehead atoms. The fourth-order valence-corrected chi connectivity index (χ4v) is 3.97. The van der Waals surface area contributed by atoms with Gasteiger partial charge in [0.15, 0.2) is 0 Å². The van der Waals surface area contributed by atoms with Crippen LogP contribution in [0.4, 0.5) is 0 Å². The molecule has 0 aliphatic heterocycles. The standard InChI is InChI=1S/C12H25NO3Si/c1-4-9-14-17(12-7-8-13,15-10-5-2)16-11-6-3/h4-7,9-12H2,1-3H3. The van der Waals surface area contributed by atoms with Crippen molar-refractivity contribution in [3.8, 4) is 6.07 Å². The maximum Gasteiger partial charge on any atom is 0.502 e. The molecule has 0 aromatic heterocycles. The topological polar surface area (TPSA) is 51.5 Å². The maximum atomic E-state index is 8.71. The monoisotopic (exact) mass is 259 g/mol. The SMILES string of the molecule is CCCO[Si](CCC#N)(OCCC)OCCC. The Morgan fingerprint density at radius 1 is 0.882 bits per heavy atom. The lowest BCUT2D eigenvalue weighted by Gasteiger charge is -2.28. The first-order chi connectivity index (χ1) is 8.24. The zero-order valence-electron chi connectivity index (χ0n) is 11.3. The largest absolute Gasteiger partial charge is 0.502 e. The van der Waals surface area contributed by atoms with Gasteiger partial charge in [0.1, 0.15) is 0 Å². The molecule has 4 nitrogen and oxygen atoms in total. The van der Waals surface area contributed by atoms with E-state index in [0.29, 0.717) is 32.3 Å². The van der Waals surface area contributed by atoms with E-state index in [1.165, 1.54) is 0 Å². The summed E-state index contributed by atoms with van der Waals surface area (Å²) < 4.78 is 17.5. The van der Waals surface area contributed by atoms with Gasteiger partial charge in [0.2, 0.25) is 0 Å². The van der Waals surface area contributed by atoms with Crippen LogP contribution in [0.2, 0.25) is 6.04 Å². The molecule has 0 saturated heterocycles. The highest BCUT2D eigenvalue weighted by molar-refractivity contribution is 6.60. The zero-order valence-corrected chi connectivity index (χ0v) is 12.3. The van der Waals surface area contributed by atoms with Crippen LogP contribution >= 0.6 is 0 Å². The first-order valence-corrected chi connectivity index (χ1v) is 8.46. The highest BCUT2D eigenvalue weighted by atomic mass is 28.4. The number of hydrogen-bond acceptors (Lipinski definition) is 4. The van der Waals surface area contributed by atoms with E-state index in [0.717, 1.165) is 19.3 Å². The number of nitriles is 1. The minimum atomic E-state index is -2.60. The van der Waals surface area contributed by atoms with Crippen LogP contribution in [0.15, 0.2) is 0 Å². The van der Waals surface area contributed by atoms with Gasteiger partial charge in [0.25, 0.3) is 0 Å². The fourth-order valence-electron chi connectivity index (χ4n) is 1.32. The third kappa shape index (κ3) is 7.50. The molecule has 0 rings (SSSR count). The van der Waals surface area contributed by atoms with Gasteiger partial charge in [-0.05, 0) is 19.3 Å². The number of nitrogens with zero attached hydrogens (tertiary/aromatic N) is 1. The number of hydrogen-bond donors (Lipinski definition) is 0. The Morgan fingerprint density at radius 3 is 1.59 bits per heavy atom. The Balaban J connectivity index is 4.46. The molecule has 0 aliphatic carbocycles. The molecule has 0 atom stereocenters. The maximum absolute atomic E-state index is 8.71. The second-order valence-electron chi connectivity index (χ2n) is 3.89. The quantitative estimate of drug-likeness (QED) is 0.535. The summed E-state index contributed by atoms with van der Waals surface area (Å²) in [5.74, 6) is 0. The van der Waals surface area contributed by atoms with Gasteiger partial charge in [-0.3, -0.25) is 0 Å². The Hall–Kier alpha value is -0.413. The van der Waals surface area contributed by atoms with E-state index in [9.17, 15) is 0 Å². The molecule has 0 unspecified atom stereocenters. The first-order valence-electron chi connectivity index (χ1n) is 6.53. The van der Waals surface area contributed by atoms with E-state index in [-0.39, 0.29) is 0 Å². The third-order valence-corrected chi connectivity index (χ3v) is 4.92. The molecule has 0 radical (unpaired) electrons. The van der Waals surface area contributed by atoms with E-state index in [4.69, 9.17) is 18.5 Å². The predicted molar refractivity (Wildman–Crippen MR) is 69.5 cm³/mol. The molecule has 0 aliphatic rings. The molecular formula is C12H25NO3Si. The third-order valence-electron chi connectivity index (χ3n) is 2.12. The fraction of sp³-hybridized carbons (Fsp3) is 0.917. The Morgan fingerprint density at radius 2 is 1.29 bits per heavy atom. The van der Waals surface area contributed by atoms with Gasteiger partial charge in [-0.2, -0.15) is 5.26 Å². The van der Waals surface area contributed by atoms with Gasteiger partial charge in [-0.25, -0.2) is 0 Å². The smallest absolute Gasteiger partial charge is 0.373 e. The lowest BCUT2D eigenvalue weighted by molar-refractivity contribution is 0.0596. The first kappa shape index (κ1) is 16.6. The van der Waals surface area contributed by atoms with Crippen LogP contribution < -0.4 is 0 Å². The molecule has 0 aromatic rings. The van der Waals surface area contributed by atoms with Crippen LogP contribution in [0.1, 0.15) is 46.5 Å². The Bertz CT molecular complexity index is 197. The van der Waals surface area contributed by atoms with Crippen LogP contribution in [0.25, 0.3) is 0 Å². The zero-order chi connectivity index (χ0) is 13.0. The van der Waals surface area contributed by atoms with Crippen LogP contribution in [0.5, 0.6) is 0 Å². The molecule has 0 amide bonds. The lowest BCUT2D eigenvalue weighted by Crippen LogP contribution is -2.46. The molecule has 0 heterocycles. The van der Waals surface area contributed by atoms with Crippen molar-refractivity contribution in [1.29, 1.82) is 5.26 Å². The summed E-state index contributed by atoms with van der Waals surface area (Å²) in [4.78, 5) is 0. The van der Waals surface area contributed by atoms with Crippen LogP contribution in [0, 0.1) is 11.3 Å².